The number of aliphatic hydroxyl groups excluding tert-OH is 1. The van der Waals surface area contributed by atoms with Crippen molar-refractivity contribution in [3.63, 3.8) is 0 Å². The molecule has 1 heterocycles. The molecule has 0 bridgehead atoms. The number of likely N-dealkylation sites (tertiary alicyclic amines) is 1. The zero-order valence-corrected chi connectivity index (χ0v) is 12.4. The molecule has 3 rings (SSSR count). The minimum atomic E-state index is 0.357. The van der Waals surface area contributed by atoms with E-state index in [2.05, 4.69) is 17.1 Å². The average molecular weight is 266 g/mol. The van der Waals surface area contributed by atoms with E-state index in [1.54, 1.807) is 0 Å². The smallest absolute Gasteiger partial charge is 0.0431 e. The van der Waals surface area contributed by atoms with Gasteiger partial charge in [0.1, 0.15) is 0 Å². The van der Waals surface area contributed by atoms with Crippen LogP contribution in [0.15, 0.2) is 0 Å². The van der Waals surface area contributed by atoms with E-state index in [-0.39, 0.29) is 0 Å². The normalized spacial score (nSPS) is 34.4. The molecule has 0 spiro atoms. The zero-order valence-electron chi connectivity index (χ0n) is 12.4. The first kappa shape index (κ1) is 13.8. The van der Waals surface area contributed by atoms with Crippen LogP contribution in [0.25, 0.3) is 0 Å². The van der Waals surface area contributed by atoms with Crippen molar-refractivity contribution in [2.75, 3.05) is 19.7 Å². The molecule has 2 saturated carbocycles. The van der Waals surface area contributed by atoms with Gasteiger partial charge in [0.2, 0.25) is 0 Å². The Bertz CT molecular complexity index is 288. The first-order valence-electron chi connectivity index (χ1n) is 8.37. The number of nitrogens with zero attached hydrogens (tertiary/aromatic N) is 1. The van der Waals surface area contributed by atoms with Gasteiger partial charge in [0.05, 0.1) is 0 Å². The fraction of sp³-hybridized carbons (Fsp3) is 1.00. The maximum atomic E-state index is 9.06. The summed E-state index contributed by atoms with van der Waals surface area (Å²) in [7, 11) is 0. The van der Waals surface area contributed by atoms with Crippen LogP contribution in [-0.4, -0.2) is 47.8 Å². The Kier molecular flexibility index (Phi) is 4.45. The standard InChI is InChI=1S/C16H30N2O/c1-12(14-4-5-14)18-10-13(3-2-8-19)9-16(11-18)17-15-6-7-15/h12-17,19H,2-11H2,1H3. The van der Waals surface area contributed by atoms with Gasteiger partial charge in [0.25, 0.3) is 0 Å². The van der Waals surface area contributed by atoms with E-state index in [1.807, 2.05) is 0 Å². The average Bonchev–Trinajstić information content (AvgIpc) is 3.27. The van der Waals surface area contributed by atoms with Gasteiger partial charge in [-0.3, -0.25) is 4.90 Å². The molecule has 110 valence electrons. The molecule has 1 saturated heterocycles. The highest BCUT2D eigenvalue weighted by atomic mass is 16.2. The van der Waals surface area contributed by atoms with Crippen LogP contribution in [0, 0.1) is 11.8 Å². The molecular formula is C16H30N2O. The highest BCUT2D eigenvalue weighted by Crippen LogP contribution is 2.37. The SMILES string of the molecule is CC(C1CC1)N1CC(CCCO)CC(NC2CC2)C1. The summed E-state index contributed by atoms with van der Waals surface area (Å²) < 4.78 is 0. The Balaban J connectivity index is 1.55. The first-order valence-corrected chi connectivity index (χ1v) is 8.37. The molecule has 0 aromatic heterocycles. The molecule has 2 N–H and O–H groups in total. The molecule has 0 amide bonds. The molecular weight excluding hydrogens is 236 g/mol. The lowest BCUT2D eigenvalue weighted by atomic mass is 9.89. The Morgan fingerprint density at radius 3 is 2.58 bits per heavy atom. The van der Waals surface area contributed by atoms with E-state index in [9.17, 15) is 0 Å². The number of hydrogen-bond acceptors (Lipinski definition) is 3. The van der Waals surface area contributed by atoms with Crippen molar-refractivity contribution in [2.24, 2.45) is 11.8 Å². The van der Waals surface area contributed by atoms with Gasteiger partial charge in [-0.25, -0.2) is 0 Å². The molecule has 3 fully saturated rings. The fourth-order valence-electron chi connectivity index (χ4n) is 3.74. The van der Waals surface area contributed by atoms with Gasteiger partial charge >= 0.3 is 0 Å². The molecule has 3 nitrogen and oxygen atoms in total. The summed E-state index contributed by atoms with van der Waals surface area (Å²) in [6.45, 7) is 5.31. The monoisotopic (exact) mass is 266 g/mol. The topological polar surface area (TPSA) is 35.5 Å². The van der Waals surface area contributed by atoms with Crippen molar-refractivity contribution in [1.82, 2.24) is 10.2 Å². The third kappa shape index (κ3) is 3.93. The molecule has 0 radical (unpaired) electrons. The second kappa shape index (κ2) is 6.11. The maximum Gasteiger partial charge on any atom is 0.0431 e. The summed E-state index contributed by atoms with van der Waals surface area (Å²) >= 11 is 0. The second-order valence-electron chi connectivity index (χ2n) is 7.14. The highest BCUT2D eigenvalue weighted by Gasteiger charge is 2.37. The van der Waals surface area contributed by atoms with Crippen LogP contribution in [0.1, 0.15) is 51.9 Å². The van der Waals surface area contributed by atoms with Crippen LogP contribution >= 0.6 is 0 Å². The largest absolute Gasteiger partial charge is 0.396 e. The number of rotatable bonds is 7. The number of hydrogen-bond donors (Lipinski definition) is 2. The van der Waals surface area contributed by atoms with Crippen LogP contribution in [0.5, 0.6) is 0 Å². The van der Waals surface area contributed by atoms with Gasteiger partial charge in [0, 0.05) is 37.8 Å². The Morgan fingerprint density at radius 2 is 1.95 bits per heavy atom. The van der Waals surface area contributed by atoms with Gasteiger partial charge in [-0.15, -0.1) is 0 Å². The fourth-order valence-corrected chi connectivity index (χ4v) is 3.74. The summed E-state index contributed by atoms with van der Waals surface area (Å²) in [5.41, 5.74) is 0. The first-order chi connectivity index (χ1) is 9.26. The quantitative estimate of drug-likeness (QED) is 0.740. The van der Waals surface area contributed by atoms with E-state index in [1.165, 1.54) is 51.6 Å². The summed E-state index contributed by atoms with van der Waals surface area (Å²) in [5, 5.41) is 12.9. The Labute approximate surface area is 117 Å². The van der Waals surface area contributed by atoms with E-state index in [0.717, 1.165) is 30.3 Å². The van der Waals surface area contributed by atoms with Crippen LogP contribution in [0.2, 0.25) is 0 Å². The van der Waals surface area contributed by atoms with Crippen molar-refractivity contribution >= 4 is 0 Å². The van der Waals surface area contributed by atoms with Gasteiger partial charge in [0.15, 0.2) is 0 Å². The molecule has 2 aliphatic carbocycles. The molecule has 3 aliphatic rings. The van der Waals surface area contributed by atoms with E-state index < -0.39 is 0 Å². The lowest BCUT2D eigenvalue weighted by Crippen LogP contribution is -2.53. The van der Waals surface area contributed by atoms with Crippen LogP contribution in [-0.2, 0) is 0 Å². The zero-order chi connectivity index (χ0) is 13.2. The minimum Gasteiger partial charge on any atom is -0.396 e. The van der Waals surface area contributed by atoms with E-state index >= 15 is 0 Å². The predicted octanol–water partition coefficient (Wildman–Crippen LogP) is 2.00. The van der Waals surface area contributed by atoms with Crippen molar-refractivity contribution in [3.05, 3.63) is 0 Å². The summed E-state index contributed by atoms with van der Waals surface area (Å²) in [4.78, 5) is 2.74. The molecule has 0 aromatic carbocycles. The van der Waals surface area contributed by atoms with Crippen molar-refractivity contribution in [2.45, 2.75) is 70.0 Å². The maximum absolute atomic E-state index is 9.06. The minimum absolute atomic E-state index is 0.357. The van der Waals surface area contributed by atoms with Crippen molar-refractivity contribution < 1.29 is 5.11 Å². The van der Waals surface area contributed by atoms with Crippen molar-refractivity contribution in [3.8, 4) is 0 Å². The molecule has 0 aromatic rings. The van der Waals surface area contributed by atoms with Gasteiger partial charge in [-0.1, -0.05) is 0 Å². The number of nitrogens with one attached hydrogen (secondary N) is 1. The van der Waals surface area contributed by atoms with E-state index in [4.69, 9.17) is 5.11 Å². The van der Waals surface area contributed by atoms with Crippen LogP contribution in [0.4, 0.5) is 0 Å². The summed E-state index contributed by atoms with van der Waals surface area (Å²) in [5.74, 6) is 1.76. The molecule has 3 unspecified atom stereocenters. The summed E-state index contributed by atoms with van der Waals surface area (Å²) in [6, 6.07) is 2.30. The molecule has 3 atom stereocenters. The van der Waals surface area contributed by atoms with Crippen molar-refractivity contribution in [1.29, 1.82) is 0 Å². The number of aliphatic hydroxyl groups is 1. The number of piperidine rings is 1. The van der Waals surface area contributed by atoms with Gasteiger partial charge in [-0.05, 0) is 63.7 Å². The van der Waals surface area contributed by atoms with E-state index in [0.29, 0.717) is 12.6 Å². The second-order valence-corrected chi connectivity index (χ2v) is 7.14. The van der Waals surface area contributed by atoms with Gasteiger partial charge in [-0.2, -0.15) is 0 Å². The van der Waals surface area contributed by atoms with Crippen LogP contribution < -0.4 is 5.32 Å². The van der Waals surface area contributed by atoms with Crippen LogP contribution in [0.3, 0.4) is 0 Å². The lowest BCUT2D eigenvalue weighted by Gasteiger charge is -2.41. The molecule has 1 aliphatic heterocycles. The van der Waals surface area contributed by atoms with Gasteiger partial charge < -0.3 is 10.4 Å². The third-order valence-electron chi connectivity index (χ3n) is 5.26. The Hall–Kier alpha value is -0.120. The lowest BCUT2D eigenvalue weighted by molar-refractivity contribution is 0.0869. The molecule has 3 heteroatoms. The predicted molar refractivity (Wildman–Crippen MR) is 78.1 cm³/mol. The summed E-state index contributed by atoms with van der Waals surface area (Å²) in [6.07, 6.45) is 9.16. The molecule has 19 heavy (non-hydrogen) atoms. The third-order valence-corrected chi connectivity index (χ3v) is 5.26. The highest BCUT2D eigenvalue weighted by molar-refractivity contribution is 4.94. The Morgan fingerprint density at radius 1 is 1.16 bits per heavy atom.